The number of nitriles is 1. The van der Waals surface area contributed by atoms with Gasteiger partial charge in [-0.1, -0.05) is 18.5 Å². The number of rotatable bonds is 3. The molecule has 0 spiro atoms. The van der Waals surface area contributed by atoms with Gasteiger partial charge in [-0.25, -0.2) is 0 Å². The molecule has 1 saturated carbocycles. The van der Waals surface area contributed by atoms with Gasteiger partial charge in [-0.05, 0) is 37.0 Å². The van der Waals surface area contributed by atoms with E-state index in [1.54, 1.807) is 18.2 Å². The summed E-state index contributed by atoms with van der Waals surface area (Å²) in [5, 5.41) is 12.5. The summed E-state index contributed by atoms with van der Waals surface area (Å²) < 4.78 is 5.16. The largest absolute Gasteiger partial charge is 0.495 e. The highest BCUT2D eigenvalue weighted by Gasteiger charge is 2.49. The normalized spacial score (nSPS) is 25.1. The maximum absolute atomic E-state index is 12.2. The summed E-state index contributed by atoms with van der Waals surface area (Å²) in [4.78, 5) is 12.2. The smallest absolute Gasteiger partial charge is 0.244 e. The highest BCUT2D eigenvalue weighted by Crippen LogP contribution is 2.46. The highest BCUT2D eigenvalue weighted by molar-refractivity contribution is 6.31. The fraction of sp³-hybridized carbons (Fsp3) is 0.429. The number of amides is 1. The summed E-state index contributed by atoms with van der Waals surface area (Å²) in [6, 6.07) is 7.11. The molecule has 1 fully saturated rings. The van der Waals surface area contributed by atoms with Crippen molar-refractivity contribution >= 4 is 23.2 Å². The van der Waals surface area contributed by atoms with Gasteiger partial charge in [0.2, 0.25) is 5.91 Å². The Morgan fingerprint density at radius 3 is 2.79 bits per heavy atom. The number of nitrogens with zero attached hydrogens (tertiary/aromatic N) is 1. The second kappa shape index (κ2) is 5.10. The monoisotopic (exact) mass is 278 g/mol. The summed E-state index contributed by atoms with van der Waals surface area (Å²) in [6.07, 6.45) is 1.19. The number of anilines is 1. The van der Waals surface area contributed by atoms with Crippen molar-refractivity contribution in [2.24, 2.45) is 11.3 Å². The van der Waals surface area contributed by atoms with E-state index in [-0.39, 0.29) is 5.91 Å². The maximum Gasteiger partial charge on any atom is 0.244 e. The Morgan fingerprint density at radius 2 is 2.26 bits per heavy atom. The number of ether oxygens (including phenoxy) is 1. The van der Waals surface area contributed by atoms with Gasteiger partial charge in [0.1, 0.15) is 11.2 Å². The van der Waals surface area contributed by atoms with Crippen LogP contribution in [0.1, 0.15) is 19.8 Å². The Labute approximate surface area is 117 Å². The molecule has 2 rings (SSSR count). The number of halogens is 1. The van der Waals surface area contributed by atoms with E-state index in [9.17, 15) is 10.1 Å². The zero-order valence-corrected chi connectivity index (χ0v) is 11.6. The van der Waals surface area contributed by atoms with Crippen LogP contribution in [0.3, 0.4) is 0 Å². The van der Waals surface area contributed by atoms with Gasteiger partial charge in [-0.3, -0.25) is 4.79 Å². The molecule has 100 valence electrons. The van der Waals surface area contributed by atoms with Gasteiger partial charge in [0.15, 0.2) is 0 Å². The van der Waals surface area contributed by atoms with Gasteiger partial charge in [-0.15, -0.1) is 0 Å². The number of hydrogen-bond donors (Lipinski definition) is 1. The van der Waals surface area contributed by atoms with E-state index < -0.39 is 5.41 Å². The molecule has 1 aromatic rings. The molecule has 0 atom stereocenters. The van der Waals surface area contributed by atoms with E-state index in [4.69, 9.17) is 16.3 Å². The minimum Gasteiger partial charge on any atom is -0.495 e. The molecule has 1 aromatic carbocycles. The van der Waals surface area contributed by atoms with Crippen LogP contribution in [0.2, 0.25) is 5.02 Å². The first-order valence-corrected chi connectivity index (χ1v) is 6.45. The lowest BCUT2D eigenvalue weighted by molar-refractivity contribution is -0.128. The summed E-state index contributed by atoms with van der Waals surface area (Å²) >= 11 is 5.90. The Hall–Kier alpha value is -1.73. The second-order valence-electron chi connectivity index (χ2n) is 5.01. The van der Waals surface area contributed by atoms with Gasteiger partial charge < -0.3 is 10.1 Å². The van der Waals surface area contributed by atoms with Crippen LogP contribution in [0.4, 0.5) is 5.69 Å². The third-order valence-electron chi connectivity index (χ3n) is 3.45. The lowest BCUT2D eigenvalue weighted by atomic mass is 9.63. The summed E-state index contributed by atoms with van der Waals surface area (Å²) in [6.45, 7) is 2.03. The maximum atomic E-state index is 12.2. The molecule has 1 aliphatic carbocycles. The van der Waals surface area contributed by atoms with Gasteiger partial charge in [0.25, 0.3) is 0 Å². The molecule has 0 saturated heterocycles. The lowest BCUT2D eigenvalue weighted by Crippen LogP contribution is -2.45. The molecule has 1 aliphatic rings. The lowest BCUT2D eigenvalue weighted by Gasteiger charge is -2.39. The van der Waals surface area contributed by atoms with Crippen molar-refractivity contribution in [3.05, 3.63) is 23.2 Å². The summed E-state index contributed by atoms with van der Waals surface area (Å²) in [5.74, 6) is 0.651. The van der Waals surface area contributed by atoms with E-state index in [0.29, 0.717) is 35.2 Å². The van der Waals surface area contributed by atoms with Crippen LogP contribution in [-0.4, -0.2) is 13.0 Å². The fourth-order valence-electron chi connectivity index (χ4n) is 2.48. The number of nitrogens with one attached hydrogen (secondary N) is 1. The van der Waals surface area contributed by atoms with E-state index >= 15 is 0 Å². The van der Waals surface area contributed by atoms with Crippen molar-refractivity contribution in [3.8, 4) is 11.8 Å². The fourth-order valence-corrected chi connectivity index (χ4v) is 2.65. The van der Waals surface area contributed by atoms with Crippen molar-refractivity contribution in [1.82, 2.24) is 0 Å². The minimum absolute atomic E-state index is 0.284. The minimum atomic E-state index is -0.910. The first-order valence-electron chi connectivity index (χ1n) is 6.07. The first kappa shape index (κ1) is 13.7. The van der Waals surface area contributed by atoms with Crippen LogP contribution >= 0.6 is 11.6 Å². The van der Waals surface area contributed by atoms with Crippen LogP contribution in [0, 0.1) is 22.7 Å². The standard InChI is InChI=1S/C14H15ClN2O2/c1-9-6-14(7-9,8-16)13(18)17-11-5-10(15)3-4-12(11)19-2/h3-5,9H,6-7H2,1-2H3,(H,17,18). The molecule has 0 bridgehead atoms. The molecule has 19 heavy (non-hydrogen) atoms. The van der Waals surface area contributed by atoms with E-state index in [0.717, 1.165) is 0 Å². The number of methoxy groups -OCH3 is 1. The Balaban J connectivity index is 2.20. The van der Waals surface area contributed by atoms with Crippen molar-refractivity contribution < 1.29 is 9.53 Å². The number of carbonyl (C=O) groups excluding carboxylic acids is 1. The SMILES string of the molecule is COc1ccc(Cl)cc1NC(=O)C1(C#N)CC(C)C1. The van der Waals surface area contributed by atoms with Crippen LogP contribution < -0.4 is 10.1 Å². The van der Waals surface area contributed by atoms with E-state index in [2.05, 4.69) is 11.4 Å². The van der Waals surface area contributed by atoms with Crippen LogP contribution in [0.25, 0.3) is 0 Å². The van der Waals surface area contributed by atoms with Crippen molar-refractivity contribution in [2.45, 2.75) is 19.8 Å². The quantitative estimate of drug-likeness (QED) is 0.923. The summed E-state index contributed by atoms with van der Waals surface area (Å²) in [5.41, 5.74) is -0.415. The third kappa shape index (κ3) is 2.52. The Kier molecular flexibility index (Phi) is 3.68. The van der Waals surface area contributed by atoms with Gasteiger partial charge in [0, 0.05) is 5.02 Å². The van der Waals surface area contributed by atoms with Crippen molar-refractivity contribution in [2.75, 3.05) is 12.4 Å². The molecule has 5 heteroatoms. The predicted molar refractivity (Wildman–Crippen MR) is 73.1 cm³/mol. The molecule has 0 aliphatic heterocycles. The van der Waals surface area contributed by atoms with Crippen molar-refractivity contribution in [3.63, 3.8) is 0 Å². The molecule has 1 amide bonds. The molecule has 0 heterocycles. The number of benzene rings is 1. The topological polar surface area (TPSA) is 62.1 Å². The van der Waals surface area contributed by atoms with Crippen LogP contribution in [0.15, 0.2) is 18.2 Å². The molecule has 0 radical (unpaired) electrons. The van der Waals surface area contributed by atoms with Gasteiger partial charge in [-0.2, -0.15) is 5.26 Å². The predicted octanol–water partition coefficient (Wildman–Crippen LogP) is 3.23. The zero-order valence-electron chi connectivity index (χ0n) is 10.9. The van der Waals surface area contributed by atoms with Crippen molar-refractivity contribution in [1.29, 1.82) is 5.26 Å². The molecule has 0 unspecified atom stereocenters. The van der Waals surface area contributed by atoms with E-state index in [1.807, 2.05) is 6.92 Å². The zero-order chi connectivity index (χ0) is 14.0. The average Bonchev–Trinajstić information content (AvgIpc) is 2.35. The van der Waals surface area contributed by atoms with Gasteiger partial charge in [0.05, 0.1) is 18.9 Å². The summed E-state index contributed by atoms with van der Waals surface area (Å²) in [7, 11) is 1.52. The Bertz CT molecular complexity index is 545. The molecule has 4 nitrogen and oxygen atoms in total. The van der Waals surface area contributed by atoms with E-state index in [1.165, 1.54) is 7.11 Å². The molecule has 0 aromatic heterocycles. The molecule has 1 N–H and O–H groups in total. The number of carbonyl (C=O) groups is 1. The third-order valence-corrected chi connectivity index (χ3v) is 3.69. The Morgan fingerprint density at radius 1 is 1.58 bits per heavy atom. The average molecular weight is 279 g/mol. The first-order chi connectivity index (χ1) is 9.00. The van der Waals surface area contributed by atoms with Gasteiger partial charge >= 0.3 is 0 Å². The van der Waals surface area contributed by atoms with Crippen LogP contribution in [-0.2, 0) is 4.79 Å². The second-order valence-corrected chi connectivity index (χ2v) is 5.44. The number of hydrogen-bond acceptors (Lipinski definition) is 3. The highest BCUT2D eigenvalue weighted by atomic mass is 35.5. The molecular formula is C14H15ClN2O2. The van der Waals surface area contributed by atoms with Crippen LogP contribution in [0.5, 0.6) is 5.75 Å². The molecular weight excluding hydrogens is 264 g/mol.